The molecule has 0 amide bonds. The zero-order valence-electron chi connectivity index (χ0n) is 13.1. The van der Waals surface area contributed by atoms with E-state index in [1.807, 2.05) is 60.7 Å². The molecule has 4 heteroatoms. The van der Waals surface area contributed by atoms with Gasteiger partial charge in [-0.25, -0.2) is 9.59 Å². The summed E-state index contributed by atoms with van der Waals surface area (Å²) in [6, 6.07) is 19.3. The van der Waals surface area contributed by atoms with Crippen molar-refractivity contribution in [2.75, 3.05) is 14.2 Å². The van der Waals surface area contributed by atoms with Crippen molar-refractivity contribution in [3.63, 3.8) is 0 Å². The number of carbonyl (C=O) groups excluding carboxylic acids is 2. The number of benzene rings is 2. The molecule has 0 N–H and O–H groups in total. The van der Waals surface area contributed by atoms with Gasteiger partial charge in [0.1, 0.15) is 5.57 Å². The maximum atomic E-state index is 11.9. The summed E-state index contributed by atoms with van der Waals surface area (Å²) in [6.07, 6.45) is 1.59. The Morgan fingerprint density at radius 1 is 0.783 bits per heavy atom. The molecule has 0 saturated heterocycles. The summed E-state index contributed by atoms with van der Waals surface area (Å²) in [7, 11) is 2.47. The molecule has 0 atom stereocenters. The second kappa shape index (κ2) is 7.94. The topological polar surface area (TPSA) is 52.6 Å². The third kappa shape index (κ3) is 4.07. The molecule has 23 heavy (non-hydrogen) atoms. The van der Waals surface area contributed by atoms with Crippen molar-refractivity contribution in [2.45, 2.75) is 5.92 Å². The first kappa shape index (κ1) is 16.5. The molecule has 0 saturated carbocycles. The van der Waals surface area contributed by atoms with Crippen LogP contribution in [0.5, 0.6) is 0 Å². The number of carbonyl (C=O) groups is 2. The molecule has 2 aromatic rings. The predicted molar refractivity (Wildman–Crippen MR) is 86.8 cm³/mol. The standard InChI is InChI=1S/C19H18O4/c1-22-18(20)17(19(21)23-2)13-16(14-9-5-3-6-10-14)15-11-7-4-8-12-15/h3-13,16H,1-2H3. The summed E-state index contributed by atoms with van der Waals surface area (Å²) in [4.78, 5) is 23.8. The SMILES string of the molecule is COC(=O)C(=CC(c1ccccc1)c1ccccc1)C(=O)OC. The first-order valence-electron chi connectivity index (χ1n) is 7.15. The first-order chi connectivity index (χ1) is 11.2. The highest BCUT2D eigenvalue weighted by atomic mass is 16.5. The fourth-order valence-electron chi connectivity index (χ4n) is 2.31. The van der Waals surface area contributed by atoms with Crippen molar-refractivity contribution in [3.8, 4) is 0 Å². The van der Waals surface area contributed by atoms with Crippen LogP contribution < -0.4 is 0 Å². The molecular formula is C19H18O4. The van der Waals surface area contributed by atoms with E-state index in [0.717, 1.165) is 11.1 Å². The van der Waals surface area contributed by atoms with Crippen LogP contribution in [0.3, 0.4) is 0 Å². The van der Waals surface area contributed by atoms with Crippen LogP contribution in [0, 0.1) is 0 Å². The summed E-state index contributed by atoms with van der Waals surface area (Å²) < 4.78 is 9.40. The highest BCUT2D eigenvalue weighted by Crippen LogP contribution is 2.27. The second-order valence-corrected chi connectivity index (χ2v) is 4.86. The lowest BCUT2D eigenvalue weighted by Crippen LogP contribution is -2.17. The third-order valence-electron chi connectivity index (χ3n) is 3.46. The van der Waals surface area contributed by atoms with Crippen molar-refractivity contribution in [3.05, 3.63) is 83.4 Å². The molecular weight excluding hydrogens is 292 g/mol. The quantitative estimate of drug-likeness (QED) is 0.368. The summed E-state index contributed by atoms with van der Waals surface area (Å²) >= 11 is 0. The van der Waals surface area contributed by atoms with Gasteiger partial charge in [0.05, 0.1) is 14.2 Å². The molecule has 0 fully saturated rings. The Morgan fingerprint density at radius 2 is 1.17 bits per heavy atom. The van der Waals surface area contributed by atoms with Crippen LogP contribution in [0.4, 0.5) is 0 Å². The van der Waals surface area contributed by atoms with Gasteiger partial charge in [-0.15, -0.1) is 0 Å². The summed E-state index contributed by atoms with van der Waals surface area (Å²) in [5.74, 6) is -1.69. The van der Waals surface area contributed by atoms with E-state index in [0.29, 0.717) is 0 Å². The van der Waals surface area contributed by atoms with E-state index >= 15 is 0 Å². The fourth-order valence-corrected chi connectivity index (χ4v) is 2.31. The van der Waals surface area contributed by atoms with Gasteiger partial charge in [0, 0.05) is 5.92 Å². The highest BCUT2D eigenvalue weighted by molar-refractivity contribution is 6.14. The van der Waals surface area contributed by atoms with E-state index in [-0.39, 0.29) is 11.5 Å². The molecule has 118 valence electrons. The van der Waals surface area contributed by atoms with Gasteiger partial charge in [-0.3, -0.25) is 0 Å². The fraction of sp³-hybridized carbons (Fsp3) is 0.158. The van der Waals surface area contributed by atoms with Crippen molar-refractivity contribution < 1.29 is 19.1 Å². The van der Waals surface area contributed by atoms with Crippen LogP contribution in [0.15, 0.2) is 72.3 Å². The minimum Gasteiger partial charge on any atom is -0.465 e. The van der Waals surface area contributed by atoms with Crippen LogP contribution in [-0.4, -0.2) is 26.2 Å². The number of hydrogen-bond acceptors (Lipinski definition) is 4. The number of hydrogen-bond donors (Lipinski definition) is 0. The lowest BCUT2D eigenvalue weighted by molar-refractivity contribution is -0.144. The van der Waals surface area contributed by atoms with Crippen molar-refractivity contribution in [1.29, 1.82) is 0 Å². The first-order valence-corrected chi connectivity index (χ1v) is 7.15. The minimum absolute atomic E-state index is 0.118. The second-order valence-electron chi connectivity index (χ2n) is 4.86. The Kier molecular flexibility index (Phi) is 5.69. The minimum atomic E-state index is -0.714. The summed E-state index contributed by atoms with van der Waals surface area (Å²) in [5, 5.41) is 0. The summed E-state index contributed by atoms with van der Waals surface area (Å²) in [5.41, 5.74) is 1.81. The number of rotatable bonds is 5. The van der Waals surface area contributed by atoms with Crippen molar-refractivity contribution in [1.82, 2.24) is 0 Å². The molecule has 0 aliphatic carbocycles. The summed E-state index contributed by atoms with van der Waals surface area (Å²) in [6.45, 7) is 0. The van der Waals surface area contributed by atoms with Crippen LogP contribution in [0.2, 0.25) is 0 Å². The Hall–Kier alpha value is -2.88. The molecule has 0 heterocycles. The van der Waals surface area contributed by atoms with Gasteiger partial charge in [0.15, 0.2) is 0 Å². The molecule has 2 rings (SSSR count). The maximum Gasteiger partial charge on any atom is 0.344 e. The van der Waals surface area contributed by atoms with Gasteiger partial charge in [0.25, 0.3) is 0 Å². The van der Waals surface area contributed by atoms with Gasteiger partial charge < -0.3 is 9.47 Å². The van der Waals surface area contributed by atoms with E-state index in [2.05, 4.69) is 0 Å². The number of allylic oxidation sites excluding steroid dienone is 1. The van der Waals surface area contributed by atoms with Gasteiger partial charge >= 0.3 is 11.9 Å². The van der Waals surface area contributed by atoms with Crippen LogP contribution >= 0.6 is 0 Å². The van der Waals surface area contributed by atoms with Crippen LogP contribution in [0.1, 0.15) is 17.0 Å². The van der Waals surface area contributed by atoms with E-state index in [1.54, 1.807) is 6.08 Å². The monoisotopic (exact) mass is 310 g/mol. The lowest BCUT2D eigenvalue weighted by Gasteiger charge is -2.15. The molecule has 0 bridgehead atoms. The Bertz CT molecular complexity index is 632. The van der Waals surface area contributed by atoms with E-state index in [4.69, 9.17) is 9.47 Å². The molecule has 0 aromatic heterocycles. The number of methoxy groups -OCH3 is 2. The number of esters is 2. The molecule has 0 spiro atoms. The van der Waals surface area contributed by atoms with Crippen LogP contribution in [0.25, 0.3) is 0 Å². The normalized spacial score (nSPS) is 10.0. The Labute approximate surface area is 135 Å². The smallest absolute Gasteiger partial charge is 0.344 e. The third-order valence-corrected chi connectivity index (χ3v) is 3.46. The highest BCUT2D eigenvalue weighted by Gasteiger charge is 2.23. The van der Waals surface area contributed by atoms with Gasteiger partial charge in [-0.1, -0.05) is 66.7 Å². The predicted octanol–water partition coefficient (Wildman–Crippen LogP) is 3.09. The molecule has 0 radical (unpaired) electrons. The molecule has 0 aliphatic rings. The number of ether oxygens (including phenoxy) is 2. The molecule has 2 aromatic carbocycles. The molecule has 4 nitrogen and oxygen atoms in total. The average molecular weight is 310 g/mol. The van der Waals surface area contributed by atoms with E-state index < -0.39 is 11.9 Å². The largest absolute Gasteiger partial charge is 0.465 e. The maximum absolute atomic E-state index is 11.9. The Morgan fingerprint density at radius 3 is 1.52 bits per heavy atom. The van der Waals surface area contributed by atoms with E-state index in [1.165, 1.54) is 14.2 Å². The molecule has 0 unspecified atom stereocenters. The lowest BCUT2D eigenvalue weighted by atomic mass is 9.89. The van der Waals surface area contributed by atoms with E-state index in [9.17, 15) is 9.59 Å². The van der Waals surface area contributed by atoms with Gasteiger partial charge in [-0.2, -0.15) is 0 Å². The van der Waals surface area contributed by atoms with Crippen molar-refractivity contribution in [2.24, 2.45) is 0 Å². The van der Waals surface area contributed by atoms with Gasteiger partial charge in [0.2, 0.25) is 0 Å². The average Bonchev–Trinajstić information content (AvgIpc) is 2.63. The zero-order chi connectivity index (χ0) is 16.7. The van der Waals surface area contributed by atoms with Gasteiger partial charge in [-0.05, 0) is 11.1 Å². The Balaban J connectivity index is 2.55. The molecule has 0 aliphatic heterocycles. The van der Waals surface area contributed by atoms with Crippen LogP contribution in [-0.2, 0) is 19.1 Å². The van der Waals surface area contributed by atoms with Crippen molar-refractivity contribution >= 4 is 11.9 Å². The zero-order valence-corrected chi connectivity index (χ0v) is 13.1.